The van der Waals surface area contributed by atoms with Gasteiger partial charge in [-0.3, -0.25) is 0 Å². The lowest BCUT2D eigenvalue weighted by Gasteiger charge is -2.32. The van der Waals surface area contributed by atoms with Gasteiger partial charge in [-0.2, -0.15) is 0 Å². The molecular weight excluding hydrogens is 293 g/mol. The predicted molar refractivity (Wildman–Crippen MR) is 90.8 cm³/mol. The summed E-state index contributed by atoms with van der Waals surface area (Å²) in [5, 5.41) is 12.7. The van der Waals surface area contributed by atoms with Crippen LogP contribution in [0.3, 0.4) is 0 Å². The second-order valence-electron chi connectivity index (χ2n) is 6.71. The van der Waals surface area contributed by atoms with Crippen LogP contribution in [0, 0.1) is 0 Å². The van der Waals surface area contributed by atoms with E-state index >= 15 is 0 Å². The minimum Gasteiger partial charge on any atom is -0.399 e. The molecule has 1 saturated heterocycles. The standard InChI is InChI=1S/C16H22BN3O3/c1-15(2)16(3,4)23-17(22-15)12-6-5-7-13-11(12)10-19-14(20-13)18-8-9-21/h5-7,10,21H,8-9H2,1-4H3,(H,18,19,20). The molecule has 122 valence electrons. The highest BCUT2D eigenvalue weighted by molar-refractivity contribution is 6.65. The van der Waals surface area contributed by atoms with Gasteiger partial charge in [0.1, 0.15) is 0 Å². The molecule has 0 spiro atoms. The Morgan fingerprint density at radius 1 is 1.17 bits per heavy atom. The van der Waals surface area contributed by atoms with E-state index in [1.165, 1.54) is 0 Å². The summed E-state index contributed by atoms with van der Waals surface area (Å²) in [7, 11) is -0.441. The van der Waals surface area contributed by atoms with Crippen molar-refractivity contribution in [2.75, 3.05) is 18.5 Å². The van der Waals surface area contributed by atoms with Crippen LogP contribution in [0.2, 0.25) is 0 Å². The molecule has 1 aromatic carbocycles. The van der Waals surface area contributed by atoms with Gasteiger partial charge in [0.2, 0.25) is 5.95 Å². The maximum atomic E-state index is 8.88. The van der Waals surface area contributed by atoms with E-state index in [1.807, 2.05) is 45.9 Å². The number of anilines is 1. The number of rotatable bonds is 4. The van der Waals surface area contributed by atoms with Crippen molar-refractivity contribution in [3.63, 3.8) is 0 Å². The van der Waals surface area contributed by atoms with Gasteiger partial charge in [-0.1, -0.05) is 12.1 Å². The van der Waals surface area contributed by atoms with Crippen molar-refractivity contribution < 1.29 is 14.4 Å². The van der Waals surface area contributed by atoms with E-state index in [2.05, 4.69) is 15.3 Å². The van der Waals surface area contributed by atoms with Gasteiger partial charge in [0, 0.05) is 18.1 Å². The van der Waals surface area contributed by atoms with E-state index in [9.17, 15) is 0 Å². The lowest BCUT2D eigenvalue weighted by Crippen LogP contribution is -2.41. The second-order valence-corrected chi connectivity index (χ2v) is 6.71. The van der Waals surface area contributed by atoms with E-state index in [0.29, 0.717) is 12.5 Å². The molecule has 0 radical (unpaired) electrons. The molecular formula is C16H22BN3O3. The third kappa shape index (κ3) is 2.92. The number of nitrogens with zero attached hydrogens (tertiary/aromatic N) is 2. The SMILES string of the molecule is CC1(C)OB(c2cccc3nc(NCCO)ncc23)OC1(C)C. The summed E-state index contributed by atoms with van der Waals surface area (Å²) in [4.78, 5) is 8.78. The highest BCUT2D eigenvalue weighted by atomic mass is 16.7. The lowest BCUT2D eigenvalue weighted by molar-refractivity contribution is 0.00578. The normalized spacial score (nSPS) is 19.3. The van der Waals surface area contributed by atoms with E-state index in [-0.39, 0.29) is 17.8 Å². The quantitative estimate of drug-likeness (QED) is 0.829. The zero-order chi connectivity index (χ0) is 16.7. The first kappa shape index (κ1) is 16.2. The molecule has 0 saturated carbocycles. The topological polar surface area (TPSA) is 76.5 Å². The summed E-state index contributed by atoms with van der Waals surface area (Å²) < 4.78 is 12.3. The first-order valence-electron chi connectivity index (χ1n) is 7.80. The van der Waals surface area contributed by atoms with Crippen molar-refractivity contribution in [2.24, 2.45) is 0 Å². The van der Waals surface area contributed by atoms with Crippen molar-refractivity contribution >= 4 is 29.4 Å². The molecule has 1 aliphatic rings. The summed E-state index contributed by atoms with van der Waals surface area (Å²) in [6, 6.07) is 5.84. The summed E-state index contributed by atoms with van der Waals surface area (Å²) in [5.41, 5.74) is 0.967. The van der Waals surface area contributed by atoms with E-state index in [1.54, 1.807) is 6.20 Å². The van der Waals surface area contributed by atoms with Gasteiger partial charge in [0.25, 0.3) is 0 Å². The molecule has 3 rings (SSSR count). The van der Waals surface area contributed by atoms with Crippen LogP contribution >= 0.6 is 0 Å². The Bertz CT molecular complexity index is 705. The summed E-state index contributed by atoms with van der Waals surface area (Å²) in [6.07, 6.45) is 1.77. The minimum atomic E-state index is -0.441. The third-order valence-corrected chi connectivity index (χ3v) is 4.56. The summed E-state index contributed by atoms with van der Waals surface area (Å²) >= 11 is 0. The number of fused-ring (bicyclic) bond motifs is 1. The molecule has 1 aromatic heterocycles. The number of aromatic nitrogens is 2. The largest absolute Gasteiger partial charge is 0.495 e. The summed E-state index contributed by atoms with van der Waals surface area (Å²) in [5.74, 6) is 0.498. The van der Waals surface area contributed by atoms with Crippen molar-refractivity contribution in [1.82, 2.24) is 9.97 Å². The molecule has 6 nitrogen and oxygen atoms in total. The maximum absolute atomic E-state index is 8.88. The van der Waals surface area contributed by atoms with E-state index in [0.717, 1.165) is 16.4 Å². The Morgan fingerprint density at radius 2 is 1.87 bits per heavy atom. The van der Waals surface area contributed by atoms with Crippen molar-refractivity contribution in [3.05, 3.63) is 24.4 Å². The molecule has 23 heavy (non-hydrogen) atoms. The number of aliphatic hydroxyl groups excluding tert-OH is 1. The molecule has 0 amide bonds. The zero-order valence-corrected chi connectivity index (χ0v) is 14.0. The monoisotopic (exact) mass is 315 g/mol. The number of benzene rings is 1. The molecule has 2 heterocycles. The summed E-state index contributed by atoms with van der Waals surface area (Å²) in [6.45, 7) is 8.59. The molecule has 1 aliphatic heterocycles. The van der Waals surface area contributed by atoms with Crippen LogP contribution in [0.25, 0.3) is 10.9 Å². The van der Waals surface area contributed by atoms with Gasteiger partial charge >= 0.3 is 7.12 Å². The highest BCUT2D eigenvalue weighted by Gasteiger charge is 2.52. The molecule has 1 fully saturated rings. The highest BCUT2D eigenvalue weighted by Crippen LogP contribution is 2.36. The maximum Gasteiger partial charge on any atom is 0.495 e. The molecule has 0 bridgehead atoms. The van der Waals surface area contributed by atoms with Gasteiger partial charge in [0.05, 0.1) is 23.3 Å². The van der Waals surface area contributed by atoms with Gasteiger partial charge < -0.3 is 19.7 Å². The van der Waals surface area contributed by atoms with Crippen LogP contribution in [0.1, 0.15) is 27.7 Å². The van der Waals surface area contributed by atoms with Crippen LogP contribution in [-0.2, 0) is 9.31 Å². The Balaban J connectivity index is 1.96. The van der Waals surface area contributed by atoms with Crippen molar-refractivity contribution in [1.29, 1.82) is 0 Å². The fourth-order valence-electron chi connectivity index (χ4n) is 2.51. The Morgan fingerprint density at radius 3 is 2.52 bits per heavy atom. The zero-order valence-electron chi connectivity index (χ0n) is 14.0. The molecule has 0 aliphatic carbocycles. The molecule has 0 atom stereocenters. The fourth-order valence-corrected chi connectivity index (χ4v) is 2.51. The molecule has 2 aromatic rings. The molecule has 0 unspecified atom stereocenters. The van der Waals surface area contributed by atoms with Crippen LogP contribution in [0.15, 0.2) is 24.4 Å². The first-order chi connectivity index (χ1) is 10.8. The lowest BCUT2D eigenvalue weighted by atomic mass is 9.77. The van der Waals surface area contributed by atoms with Crippen LogP contribution in [-0.4, -0.2) is 46.5 Å². The number of nitrogens with one attached hydrogen (secondary N) is 1. The Kier molecular flexibility index (Phi) is 4.04. The number of aliphatic hydroxyl groups is 1. The predicted octanol–water partition coefficient (Wildman–Crippen LogP) is 1.33. The van der Waals surface area contributed by atoms with Crippen molar-refractivity contribution in [2.45, 2.75) is 38.9 Å². The Labute approximate surface area is 136 Å². The average molecular weight is 315 g/mol. The van der Waals surface area contributed by atoms with Gasteiger partial charge in [-0.15, -0.1) is 0 Å². The van der Waals surface area contributed by atoms with Crippen LogP contribution in [0.5, 0.6) is 0 Å². The minimum absolute atomic E-state index is 0.0371. The van der Waals surface area contributed by atoms with Crippen LogP contribution in [0.4, 0.5) is 5.95 Å². The van der Waals surface area contributed by atoms with E-state index < -0.39 is 7.12 Å². The van der Waals surface area contributed by atoms with Gasteiger partial charge in [0.15, 0.2) is 0 Å². The second kappa shape index (κ2) is 5.74. The number of hydrogen-bond donors (Lipinski definition) is 2. The van der Waals surface area contributed by atoms with E-state index in [4.69, 9.17) is 14.4 Å². The average Bonchev–Trinajstić information content (AvgIpc) is 2.72. The third-order valence-electron chi connectivity index (χ3n) is 4.56. The molecule has 2 N–H and O–H groups in total. The van der Waals surface area contributed by atoms with Crippen molar-refractivity contribution in [3.8, 4) is 0 Å². The Hall–Kier alpha value is -1.70. The fraction of sp³-hybridized carbons (Fsp3) is 0.500. The van der Waals surface area contributed by atoms with Gasteiger partial charge in [-0.05, 0) is 39.2 Å². The van der Waals surface area contributed by atoms with Crippen LogP contribution < -0.4 is 10.8 Å². The first-order valence-corrected chi connectivity index (χ1v) is 7.80. The number of hydrogen-bond acceptors (Lipinski definition) is 6. The smallest absolute Gasteiger partial charge is 0.399 e. The molecule has 7 heteroatoms. The van der Waals surface area contributed by atoms with Gasteiger partial charge in [-0.25, -0.2) is 9.97 Å².